The van der Waals surface area contributed by atoms with Crippen LogP contribution in [0.1, 0.15) is 36.7 Å². The van der Waals surface area contributed by atoms with E-state index in [1.807, 2.05) is 48.5 Å². The molecular weight excluding hydrogens is 418 g/mol. The fraction of sp³-hybridized carbons (Fsp3) is 0.280. The lowest BCUT2D eigenvalue weighted by Gasteiger charge is -2.19. The van der Waals surface area contributed by atoms with Crippen LogP contribution in [-0.2, 0) is 5.41 Å². The average Bonchev–Trinajstić information content (AvgIpc) is 3.24. The van der Waals surface area contributed by atoms with E-state index in [4.69, 9.17) is 9.47 Å². The Labute approximate surface area is 192 Å². The summed E-state index contributed by atoms with van der Waals surface area (Å²) in [4.78, 5) is 12.4. The molecule has 2 aromatic heterocycles. The number of amides is 1. The molecule has 4 rings (SSSR count). The molecule has 0 fully saturated rings. The van der Waals surface area contributed by atoms with Gasteiger partial charge in [-0.1, -0.05) is 45.0 Å². The molecule has 0 saturated carbocycles. The fourth-order valence-corrected chi connectivity index (χ4v) is 3.34. The summed E-state index contributed by atoms with van der Waals surface area (Å²) in [5, 5.41) is 15.8. The number of methoxy groups -OCH3 is 1. The molecule has 0 aliphatic rings. The number of benzene rings is 2. The van der Waals surface area contributed by atoms with E-state index in [1.165, 1.54) is 5.56 Å². The number of nitrogens with one attached hydrogen (secondary N) is 1. The second-order valence-corrected chi connectivity index (χ2v) is 8.63. The molecule has 0 radical (unpaired) electrons. The van der Waals surface area contributed by atoms with Gasteiger partial charge in [0.25, 0.3) is 5.91 Å². The Balaban J connectivity index is 1.37. The van der Waals surface area contributed by atoms with Crippen molar-refractivity contribution < 1.29 is 14.3 Å². The normalized spacial score (nSPS) is 11.4. The molecule has 170 valence electrons. The maximum atomic E-state index is 12.4. The first kappa shape index (κ1) is 22.3. The van der Waals surface area contributed by atoms with Crippen molar-refractivity contribution in [2.45, 2.75) is 26.2 Å². The van der Waals surface area contributed by atoms with Crippen LogP contribution in [0.15, 0.2) is 60.7 Å². The minimum atomic E-state index is -0.137. The number of aromatic nitrogens is 4. The molecule has 1 amide bonds. The van der Waals surface area contributed by atoms with Gasteiger partial charge < -0.3 is 14.8 Å². The van der Waals surface area contributed by atoms with E-state index < -0.39 is 0 Å². The zero-order valence-corrected chi connectivity index (χ0v) is 19.2. The van der Waals surface area contributed by atoms with Gasteiger partial charge in [0.1, 0.15) is 12.4 Å². The predicted molar refractivity (Wildman–Crippen MR) is 126 cm³/mol. The van der Waals surface area contributed by atoms with Gasteiger partial charge in [0, 0.05) is 17.2 Å². The lowest BCUT2D eigenvalue weighted by molar-refractivity contribution is 0.0946. The number of carbonyl (C=O) groups is 1. The highest BCUT2D eigenvalue weighted by Gasteiger charge is 2.14. The summed E-state index contributed by atoms with van der Waals surface area (Å²) in [6, 6.07) is 18.7. The Bertz CT molecular complexity index is 1260. The topological polar surface area (TPSA) is 90.6 Å². The Morgan fingerprint density at radius 2 is 1.82 bits per heavy atom. The molecule has 0 atom stereocenters. The summed E-state index contributed by atoms with van der Waals surface area (Å²) in [5.41, 5.74) is 3.29. The van der Waals surface area contributed by atoms with Crippen molar-refractivity contribution in [1.82, 2.24) is 25.1 Å². The van der Waals surface area contributed by atoms with Crippen LogP contribution >= 0.6 is 0 Å². The second-order valence-electron chi connectivity index (χ2n) is 8.63. The van der Waals surface area contributed by atoms with Gasteiger partial charge >= 0.3 is 0 Å². The van der Waals surface area contributed by atoms with Crippen LogP contribution < -0.4 is 14.8 Å². The first-order valence-electron chi connectivity index (χ1n) is 10.7. The molecule has 1 N–H and O–H groups in total. The largest absolute Gasteiger partial charge is 0.497 e. The number of rotatable bonds is 7. The highest BCUT2D eigenvalue weighted by molar-refractivity contribution is 5.94. The van der Waals surface area contributed by atoms with Gasteiger partial charge in [-0.05, 0) is 41.3 Å². The van der Waals surface area contributed by atoms with E-state index in [9.17, 15) is 4.79 Å². The highest BCUT2D eigenvalue weighted by Crippen LogP contribution is 2.23. The fourth-order valence-electron chi connectivity index (χ4n) is 3.34. The van der Waals surface area contributed by atoms with Crippen molar-refractivity contribution in [3.8, 4) is 23.0 Å². The number of fused-ring (bicyclic) bond motifs is 1. The van der Waals surface area contributed by atoms with E-state index in [-0.39, 0.29) is 17.9 Å². The average molecular weight is 446 g/mol. The molecule has 2 heterocycles. The summed E-state index contributed by atoms with van der Waals surface area (Å²) in [6.07, 6.45) is 0. The van der Waals surface area contributed by atoms with Crippen molar-refractivity contribution in [3.05, 3.63) is 71.8 Å². The monoisotopic (exact) mass is 445 g/mol. The van der Waals surface area contributed by atoms with Crippen molar-refractivity contribution in [2.75, 3.05) is 20.3 Å². The van der Waals surface area contributed by atoms with E-state index in [0.29, 0.717) is 29.5 Å². The Kier molecular flexibility index (Phi) is 6.26. The molecule has 0 spiro atoms. The number of hydrogen-bond acceptors (Lipinski definition) is 6. The lowest BCUT2D eigenvalue weighted by atomic mass is 9.87. The lowest BCUT2D eigenvalue weighted by Crippen LogP contribution is -2.28. The quantitative estimate of drug-likeness (QED) is 0.434. The number of carbonyl (C=O) groups excluding carboxylic acids is 1. The Morgan fingerprint density at radius 1 is 1.03 bits per heavy atom. The first-order valence-corrected chi connectivity index (χ1v) is 10.7. The molecule has 8 heteroatoms. The molecule has 0 saturated heterocycles. The molecule has 0 aliphatic carbocycles. The highest BCUT2D eigenvalue weighted by atomic mass is 16.5. The van der Waals surface area contributed by atoms with Gasteiger partial charge in [-0.25, -0.2) is 0 Å². The van der Waals surface area contributed by atoms with Gasteiger partial charge in [0.15, 0.2) is 11.5 Å². The number of hydrogen-bond donors (Lipinski definition) is 1. The first-order chi connectivity index (χ1) is 15.8. The van der Waals surface area contributed by atoms with Gasteiger partial charge in [0.05, 0.1) is 13.7 Å². The zero-order valence-electron chi connectivity index (χ0n) is 19.2. The SMILES string of the molecule is COc1cccc(-c2nnc3ccc(OCCNC(=O)c4ccc(C(C)(C)C)cc4)nn23)c1. The summed E-state index contributed by atoms with van der Waals surface area (Å²) in [7, 11) is 1.62. The molecule has 0 bridgehead atoms. The van der Waals surface area contributed by atoms with E-state index >= 15 is 0 Å². The standard InChI is InChI=1S/C25H27N5O3/c1-25(2,3)19-10-8-17(9-11-19)24(31)26-14-15-33-22-13-12-21-27-28-23(30(21)29-22)18-6-5-7-20(16-18)32-4/h5-13,16H,14-15H2,1-4H3,(H,26,31). The maximum absolute atomic E-state index is 12.4. The Morgan fingerprint density at radius 3 is 2.55 bits per heavy atom. The molecule has 0 aliphatic heterocycles. The smallest absolute Gasteiger partial charge is 0.251 e. The van der Waals surface area contributed by atoms with Crippen LogP contribution in [-0.4, -0.2) is 46.0 Å². The van der Waals surface area contributed by atoms with Crippen molar-refractivity contribution in [2.24, 2.45) is 0 Å². The molecule has 4 aromatic rings. The number of nitrogens with zero attached hydrogens (tertiary/aromatic N) is 4. The minimum Gasteiger partial charge on any atom is -0.497 e. The van der Waals surface area contributed by atoms with Crippen LogP contribution in [0.3, 0.4) is 0 Å². The third-order valence-electron chi connectivity index (χ3n) is 5.22. The van der Waals surface area contributed by atoms with E-state index in [1.54, 1.807) is 23.8 Å². The molecule has 33 heavy (non-hydrogen) atoms. The van der Waals surface area contributed by atoms with Crippen LogP contribution in [0.5, 0.6) is 11.6 Å². The zero-order chi connectivity index (χ0) is 23.4. The van der Waals surface area contributed by atoms with Crippen molar-refractivity contribution in [1.29, 1.82) is 0 Å². The van der Waals surface area contributed by atoms with Gasteiger partial charge in [-0.15, -0.1) is 15.3 Å². The molecule has 8 nitrogen and oxygen atoms in total. The van der Waals surface area contributed by atoms with E-state index in [2.05, 4.69) is 41.4 Å². The van der Waals surface area contributed by atoms with Gasteiger partial charge in [-0.3, -0.25) is 4.79 Å². The maximum Gasteiger partial charge on any atom is 0.251 e. The van der Waals surface area contributed by atoms with Crippen LogP contribution in [0.25, 0.3) is 17.0 Å². The van der Waals surface area contributed by atoms with Gasteiger partial charge in [-0.2, -0.15) is 4.52 Å². The second kappa shape index (κ2) is 9.28. The minimum absolute atomic E-state index is 0.0498. The van der Waals surface area contributed by atoms with Crippen LogP contribution in [0.2, 0.25) is 0 Å². The summed E-state index contributed by atoms with van der Waals surface area (Å²) in [5.74, 6) is 1.58. The number of ether oxygens (including phenoxy) is 2. The Hall–Kier alpha value is -3.94. The summed E-state index contributed by atoms with van der Waals surface area (Å²) >= 11 is 0. The predicted octanol–water partition coefficient (Wildman–Crippen LogP) is 3.91. The summed E-state index contributed by atoms with van der Waals surface area (Å²) < 4.78 is 12.7. The van der Waals surface area contributed by atoms with Crippen molar-refractivity contribution in [3.63, 3.8) is 0 Å². The third kappa shape index (κ3) is 5.11. The molecular formula is C25H27N5O3. The molecule has 2 aromatic carbocycles. The molecule has 0 unspecified atom stereocenters. The van der Waals surface area contributed by atoms with Gasteiger partial charge in [0.2, 0.25) is 5.88 Å². The van der Waals surface area contributed by atoms with Crippen molar-refractivity contribution >= 4 is 11.6 Å². The van der Waals surface area contributed by atoms with Crippen LogP contribution in [0.4, 0.5) is 0 Å². The van der Waals surface area contributed by atoms with Crippen LogP contribution in [0, 0.1) is 0 Å². The van der Waals surface area contributed by atoms with E-state index in [0.717, 1.165) is 11.3 Å². The summed E-state index contributed by atoms with van der Waals surface area (Å²) in [6.45, 7) is 7.06. The third-order valence-corrected chi connectivity index (χ3v) is 5.22.